The van der Waals surface area contributed by atoms with Crippen molar-refractivity contribution < 1.29 is 33.8 Å². The number of rotatable bonds is 11. The zero-order valence-corrected chi connectivity index (χ0v) is 18.2. The molecule has 10 heteroatoms. The van der Waals surface area contributed by atoms with Gasteiger partial charge in [-0.2, -0.15) is 0 Å². The van der Waals surface area contributed by atoms with Crippen LogP contribution in [0.25, 0.3) is 0 Å². The van der Waals surface area contributed by atoms with E-state index in [9.17, 15) is 24.3 Å². The number of esters is 1. The van der Waals surface area contributed by atoms with E-state index in [0.717, 1.165) is 5.56 Å². The predicted molar refractivity (Wildman–Crippen MR) is 118 cm³/mol. The molecule has 0 aliphatic carbocycles. The van der Waals surface area contributed by atoms with Crippen LogP contribution in [0.3, 0.4) is 0 Å². The summed E-state index contributed by atoms with van der Waals surface area (Å²) in [5, 5.41) is 16.7. The van der Waals surface area contributed by atoms with Gasteiger partial charge in [-0.3, -0.25) is 14.4 Å². The maximum Gasteiger partial charge on any atom is 0.408 e. The van der Waals surface area contributed by atoms with E-state index >= 15 is 0 Å². The molecule has 1 atom stereocenters. The highest BCUT2D eigenvalue weighted by Gasteiger charge is 2.23. The molecule has 0 saturated carbocycles. The Morgan fingerprint density at radius 3 is 2.24 bits per heavy atom. The largest absolute Gasteiger partial charge is 0.508 e. The molecule has 0 aliphatic heterocycles. The minimum Gasteiger partial charge on any atom is -0.508 e. The summed E-state index contributed by atoms with van der Waals surface area (Å²) in [6, 6.07) is 14.1. The van der Waals surface area contributed by atoms with Crippen molar-refractivity contribution >= 4 is 23.9 Å². The number of carbonyl (C=O) groups excluding carboxylic acids is 4. The minimum absolute atomic E-state index is 0.0243. The molecule has 0 aromatic heterocycles. The van der Waals surface area contributed by atoms with E-state index in [4.69, 9.17) is 9.47 Å². The van der Waals surface area contributed by atoms with Gasteiger partial charge in [-0.25, -0.2) is 4.79 Å². The van der Waals surface area contributed by atoms with Crippen LogP contribution in [-0.4, -0.2) is 54.7 Å². The summed E-state index contributed by atoms with van der Waals surface area (Å²) < 4.78 is 9.89. The van der Waals surface area contributed by atoms with E-state index in [1.165, 1.54) is 12.1 Å². The van der Waals surface area contributed by atoms with Gasteiger partial charge in [-0.05, 0) is 30.2 Å². The van der Waals surface area contributed by atoms with Gasteiger partial charge >= 0.3 is 12.1 Å². The molecule has 10 nitrogen and oxygen atoms in total. The van der Waals surface area contributed by atoms with Gasteiger partial charge in [-0.1, -0.05) is 42.5 Å². The van der Waals surface area contributed by atoms with E-state index in [-0.39, 0.29) is 31.9 Å². The predicted octanol–water partition coefficient (Wildman–Crippen LogP) is 1.03. The highest BCUT2D eigenvalue weighted by Crippen LogP contribution is 2.12. The van der Waals surface area contributed by atoms with Crippen molar-refractivity contribution in [3.8, 4) is 5.75 Å². The topological polar surface area (TPSA) is 143 Å². The molecular formula is C23H27N3O7. The zero-order valence-electron chi connectivity index (χ0n) is 18.2. The lowest BCUT2D eigenvalue weighted by Crippen LogP contribution is -2.50. The molecule has 0 bridgehead atoms. The first-order chi connectivity index (χ1) is 15.9. The number of hydrogen-bond donors (Lipinski definition) is 4. The van der Waals surface area contributed by atoms with Crippen molar-refractivity contribution in [2.45, 2.75) is 26.0 Å². The Labute approximate surface area is 191 Å². The number of phenols is 1. The van der Waals surface area contributed by atoms with E-state index in [1.54, 1.807) is 31.2 Å². The molecule has 0 heterocycles. The summed E-state index contributed by atoms with van der Waals surface area (Å²) in [4.78, 5) is 48.1. The van der Waals surface area contributed by atoms with Gasteiger partial charge in [0, 0.05) is 6.42 Å². The van der Waals surface area contributed by atoms with Crippen molar-refractivity contribution in [3.63, 3.8) is 0 Å². The number of alkyl carbamates (subject to hydrolysis) is 1. The van der Waals surface area contributed by atoms with E-state index < -0.39 is 36.5 Å². The molecular weight excluding hydrogens is 430 g/mol. The van der Waals surface area contributed by atoms with Crippen molar-refractivity contribution in [3.05, 3.63) is 65.7 Å². The molecule has 2 aromatic carbocycles. The second-order valence-corrected chi connectivity index (χ2v) is 6.93. The van der Waals surface area contributed by atoms with Gasteiger partial charge in [0.15, 0.2) is 0 Å². The Balaban J connectivity index is 1.93. The lowest BCUT2D eigenvalue weighted by Gasteiger charge is -2.18. The third-order valence-corrected chi connectivity index (χ3v) is 4.36. The number of aromatic hydroxyl groups is 1. The third-order valence-electron chi connectivity index (χ3n) is 4.36. The quantitative estimate of drug-likeness (QED) is 0.369. The molecule has 176 valence electrons. The lowest BCUT2D eigenvalue weighted by atomic mass is 10.1. The van der Waals surface area contributed by atoms with Crippen LogP contribution in [0.2, 0.25) is 0 Å². The number of ether oxygens (including phenoxy) is 2. The van der Waals surface area contributed by atoms with Crippen LogP contribution < -0.4 is 16.0 Å². The first kappa shape index (κ1) is 25.2. The second-order valence-electron chi connectivity index (χ2n) is 6.93. The summed E-state index contributed by atoms with van der Waals surface area (Å²) >= 11 is 0. The van der Waals surface area contributed by atoms with E-state index in [2.05, 4.69) is 16.0 Å². The number of hydrogen-bond acceptors (Lipinski definition) is 7. The first-order valence-electron chi connectivity index (χ1n) is 10.3. The van der Waals surface area contributed by atoms with E-state index in [0.29, 0.717) is 5.56 Å². The molecule has 0 fully saturated rings. The SMILES string of the molecule is CCOC(=O)CNC(=O)CNC(=O)C(Cc1ccc(O)cc1)NC(=O)OCc1ccccc1. The molecule has 1 unspecified atom stereocenters. The van der Waals surface area contributed by atoms with Crippen molar-refractivity contribution in [1.82, 2.24) is 16.0 Å². The van der Waals surface area contributed by atoms with Crippen molar-refractivity contribution in [1.29, 1.82) is 0 Å². The van der Waals surface area contributed by atoms with Crippen LogP contribution >= 0.6 is 0 Å². The fourth-order valence-corrected chi connectivity index (χ4v) is 2.72. The van der Waals surface area contributed by atoms with E-state index in [1.807, 2.05) is 18.2 Å². The van der Waals surface area contributed by atoms with Crippen LogP contribution in [0.4, 0.5) is 4.79 Å². The lowest BCUT2D eigenvalue weighted by molar-refractivity contribution is -0.143. The maximum atomic E-state index is 12.7. The normalized spacial score (nSPS) is 11.1. The molecule has 33 heavy (non-hydrogen) atoms. The van der Waals surface area contributed by atoms with Gasteiger partial charge in [0.05, 0.1) is 13.2 Å². The molecule has 4 N–H and O–H groups in total. The smallest absolute Gasteiger partial charge is 0.408 e. The molecule has 0 spiro atoms. The summed E-state index contributed by atoms with van der Waals surface area (Å²) in [6.07, 6.45) is -0.707. The molecule has 2 aromatic rings. The van der Waals surface area contributed by atoms with Crippen LogP contribution in [0.15, 0.2) is 54.6 Å². The minimum atomic E-state index is -1.05. The monoisotopic (exact) mass is 457 g/mol. The Bertz CT molecular complexity index is 933. The summed E-state index contributed by atoms with van der Waals surface area (Å²) in [5.74, 6) is -1.74. The second kappa shape index (κ2) is 13.4. The Morgan fingerprint density at radius 1 is 0.879 bits per heavy atom. The van der Waals surface area contributed by atoms with Gasteiger partial charge in [0.25, 0.3) is 0 Å². The van der Waals surface area contributed by atoms with Crippen LogP contribution in [0.1, 0.15) is 18.1 Å². The van der Waals surface area contributed by atoms with Crippen LogP contribution in [0, 0.1) is 0 Å². The zero-order chi connectivity index (χ0) is 24.1. The van der Waals surface area contributed by atoms with Crippen molar-refractivity contribution in [2.75, 3.05) is 19.7 Å². The summed E-state index contributed by atoms with van der Waals surface area (Å²) in [5.41, 5.74) is 1.45. The van der Waals surface area contributed by atoms with Gasteiger partial charge < -0.3 is 30.5 Å². The third kappa shape index (κ3) is 9.72. The first-order valence-corrected chi connectivity index (χ1v) is 10.3. The Hall–Kier alpha value is -4.08. The fraction of sp³-hybridized carbons (Fsp3) is 0.304. The van der Waals surface area contributed by atoms with Gasteiger partial charge in [-0.15, -0.1) is 0 Å². The summed E-state index contributed by atoms with van der Waals surface area (Å²) in [7, 11) is 0. The van der Waals surface area contributed by atoms with Crippen LogP contribution in [0.5, 0.6) is 5.75 Å². The number of phenolic OH excluding ortho intramolecular Hbond substituents is 1. The Morgan fingerprint density at radius 2 is 1.58 bits per heavy atom. The van der Waals surface area contributed by atoms with Gasteiger partial charge in [0.2, 0.25) is 11.8 Å². The average molecular weight is 457 g/mol. The maximum absolute atomic E-state index is 12.7. The van der Waals surface area contributed by atoms with Gasteiger partial charge in [0.1, 0.15) is 24.9 Å². The van der Waals surface area contributed by atoms with Crippen LogP contribution in [-0.2, 0) is 36.9 Å². The number of amides is 3. The average Bonchev–Trinajstić information content (AvgIpc) is 2.81. The number of benzene rings is 2. The molecule has 0 saturated heterocycles. The molecule has 3 amide bonds. The standard InChI is InChI=1S/C23H27N3O7/c1-2-32-21(29)14-24-20(28)13-25-22(30)19(12-16-8-10-18(27)11-9-16)26-23(31)33-15-17-6-4-3-5-7-17/h3-11,19,27H,2,12-15H2,1H3,(H,24,28)(H,25,30)(H,26,31). The highest BCUT2D eigenvalue weighted by molar-refractivity contribution is 5.90. The molecule has 2 rings (SSSR count). The molecule has 0 aliphatic rings. The van der Waals surface area contributed by atoms with Crippen molar-refractivity contribution in [2.24, 2.45) is 0 Å². The highest BCUT2D eigenvalue weighted by atomic mass is 16.5. The molecule has 0 radical (unpaired) electrons. The Kier molecular flexibility index (Phi) is 10.2. The summed E-state index contributed by atoms with van der Waals surface area (Å²) in [6.45, 7) is 1.15. The number of nitrogens with one attached hydrogen (secondary N) is 3. The fourth-order valence-electron chi connectivity index (χ4n) is 2.72. The number of carbonyl (C=O) groups is 4.